The minimum atomic E-state index is -0.923. The summed E-state index contributed by atoms with van der Waals surface area (Å²) in [6.07, 6.45) is 4.03. The second-order valence-electron chi connectivity index (χ2n) is 3.19. The quantitative estimate of drug-likeness (QED) is 0.646. The molecule has 12 heavy (non-hydrogen) atoms. The molecule has 1 saturated carbocycles. The van der Waals surface area contributed by atoms with Crippen LogP contribution >= 0.6 is 0 Å². The van der Waals surface area contributed by atoms with Crippen LogP contribution in [-0.4, -0.2) is 29.8 Å². The summed E-state index contributed by atoms with van der Waals surface area (Å²) < 4.78 is 5.13. The van der Waals surface area contributed by atoms with Crippen LogP contribution in [0.2, 0.25) is 0 Å². The topological polar surface area (TPSA) is 72.5 Å². The second kappa shape index (κ2) is 4.42. The van der Waals surface area contributed by atoms with E-state index in [1.54, 1.807) is 0 Å². The third kappa shape index (κ3) is 2.79. The van der Waals surface area contributed by atoms with Crippen molar-refractivity contribution in [3.63, 3.8) is 0 Å². The van der Waals surface area contributed by atoms with Gasteiger partial charge in [0.2, 0.25) is 0 Å². The van der Waals surface area contributed by atoms with E-state index < -0.39 is 5.97 Å². The fourth-order valence-corrected chi connectivity index (χ4v) is 1.51. The molecule has 1 unspecified atom stereocenters. The van der Waals surface area contributed by atoms with E-state index in [0.29, 0.717) is 0 Å². The Kier molecular flexibility index (Phi) is 3.49. The Hall–Kier alpha value is -0.610. The first-order chi connectivity index (χ1) is 5.70. The van der Waals surface area contributed by atoms with E-state index in [-0.39, 0.29) is 18.8 Å². The Morgan fingerprint density at radius 1 is 1.50 bits per heavy atom. The third-order valence-electron chi connectivity index (χ3n) is 2.17. The van der Waals surface area contributed by atoms with Crippen molar-refractivity contribution in [2.75, 3.05) is 6.61 Å². The number of carboxylic acids is 1. The smallest absolute Gasteiger partial charge is 0.329 e. The summed E-state index contributed by atoms with van der Waals surface area (Å²) in [6, 6.07) is 0.0260. The molecule has 4 nitrogen and oxygen atoms in total. The van der Waals surface area contributed by atoms with Gasteiger partial charge in [-0.05, 0) is 12.8 Å². The van der Waals surface area contributed by atoms with Crippen molar-refractivity contribution in [3.05, 3.63) is 0 Å². The van der Waals surface area contributed by atoms with Crippen molar-refractivity contribution in [3.8, 4) is 0 Å². The molecule has 2 atom stereocenters. The van der Waals surface area contributed by atoms with Gasteiger partial charge in [0.25, 0.3) is 0 Å². The van der Waals surface area contributed by atoms with Gasteiger partial charge in [-0.25, -0.2) is 4.79 Å². The summed E-state index contributed by atoms with van der Waals surface area (Å²) in [5.41, 5.74) is 5.75. The van der Waals surface area contributed by atoms with E-state index in [9.17, 15) is 4.79 Å². The lowest BCUT2D eigenvalue weighted by atomic mass is 9.93. The molecular weight excluding hydrogens is 158 g/mol. The fraction of sp³-hybridized carbons (Fsp3) is 0.875. The molecule has 3 N–H and O–H groups in total. The molecule has 0 aromatic heterocycles. The minimum Gasteiger partial charge on any atom is -0.480 e. The lowest BCUT2D eigenvalue weighted by Crippen LogP contribution is -2.40. The maximum Gasteiger partial charge on any atom is 0.329 e. The maximum atomic E-state index is 10.2. The Balaban J connectivity index is 2.24. The first kappa shape index (κ1) is 9.48. The Bertz CT molecular complexity index is 160. The van der Waals surface area contributed by atoms with Crippen LogP contribution in [-0.2, 0) is 9.53 Å². The lowest BCUT2D eigenvalue weighted by Gasteiger charge is -2.27. The average Bonchev–Trinajstić information content (AvgIpc) is 2.03. The van der Waals surface area contributed by atoms with Gasteiger partial charge in [0.1, 0.15) is 6.61 Å². The van der Waals surface area contributed by atoms with Gasteiger partial charge in [-0.3, -0.25) is 0 Å². The van der Waals surface area contributed by atoms with Gasteiger partial charge in [0.05, 0.1) is 6.10 Å². The number of hydrogen-bond donors (Lipinski definition) is 2. The Labute approximate surface area is 71.7 Å². The fourth-order valence-electron chi connectivity index (χ4n) is 1.51. The van der Waals surface area contributed by atoms with Gasteiger partial charge >= 0.3 is 5.97 Å². The van der Waals surface area contributed by atoms with Gasteiger partial charge in [-0.2, -0.15) is 0 Å². The lowest BCUT2D eigenvalue weighted by molar-refractivity contribution is -0.145. The monoisotopic (exact) mass is 173 g/mol. The van der Waals surface area contributed by atoms with Crippen LogP contribution in [0.15, 0.2) is 0 Å². The van der Waals surface area contributed by atoms with E-state index in [2.05, 4.69) is 0 Å². The van der Waals surface area contributed by atoms with Crippen molar-refractivity contribution in [2.45, 2.75) is 37.8 Å². The van der Waals surface area contributed by atoms with Crippen LogP contribution in [0.4, 0.5) is 0 Å². The molecule has 0 amide bonds. The largest absolute Gasteiger partial charge is 0.480 e. The number of aliphatic carboxylic acids is 1. The van der Waals surface area contributed by atoms with Gasteiger partial charge < -0.3 is 15.6 Å². The van der Waals surface area contributed by atoms with Crippen molar-refractivity contribution in [1.82, 2.24) is 0 Å². The molecule has 0 saturated heterocycles. The molecule has 1 aliphatic carbocycles. The van der Waals surface area contributed by atoms with Gasteiger partial charge in [0.15, 0.2) is 0 Å². The van der Waals surface area contributed by atoms with Crippen molar-refractivity contribution < 1.29 is 14.6 Å². The van der Waals surface area contributed by atoms with Gasteiger partial charge in [-0.15, -0.1) is 0 Å². The van der Waals surface area contributed by atoms with Gasteiger partial charge in [-0.1, -0.05) is 12.8 Å². The van der Waals surface area contributed by atoms with E-state index in [1.807, 2.05) is 0 Å². The second-order valence-corrected chi connectivity index (χ2v) is 3.19. The number of hydrogen-bond acceptors (Lipinski definition) is 3. The Morgan fingerprint density at radius 3 is 2.75 bits per heavy atom. The molecule has 0 aromatic rings. The molecule has 0 radical (unpaired) electrons. The highest BCUT2D eigenvalue weighted by Gasteiger charge is 2.22. The molecule has 0 bridgehead atoms. The molecule has 0 aromatic carbocycles. The van der Waals surface area contributed by atoms with Crippen LogP contribution in [0.3, 0.4) is 0 Å². The normalized spacial score (nSPS) is 30.1. The number of carbonyl (C=O) groups is 1. The predicted octanol–water partition coefficient (Wildman–Crippen LogP) is 0.357. The predicted molar refractivity (Wildman–Crippen MR) is 43.8 cm³/mol. The summed E-state index contributed by atoms with van der Waals surface area (Å²) in [7, 11) is 0. The number of nitrogens with two attached hydrogens (primary N) is 1. The number of ether oxygens (including phenoxy) is 1. The summed E-state index contributed by atoms with van der Waals surface area (Å²) in [5, 5.41) is 8.36. The minimum absolute atomic E-state index is 0.0260. The van der Waals surface area contributed by atoms with E-state index >= 15 is 0 Å². The molecule has 1 rings (SSSR count). The van der Waals surface area contributed by atoms with Crippen LogP contribution in [0.1, 0.15) is 25.7 Å². The molecule has 4 heteroatoms. The summed E-state index contributed by atoms with van der Waals surface area (Å²) in [4.78, 5) is 10.2. The zero-order valence-corrected chi connectivity index (χ0v) is 7.03. The SMILES string of the molecule is NC1CCCC[C@@H]1OCC(=O)O. The molecule has 70 valence electrons. The van der Waals surface area contributed by atoms with Gasteiger partial charge in [0, 0.05) is 6.04 Å². The van der Waals surface area contributed by atoms with Crippen molar-refractivity contribution in [1.29, 1.82) is 0 Å². The summed E-state index contributed by atoms with van der Waals surface area (Å²) >= 11 is 0. The van der Waals surface area contributed by atoms with Crippen molar-refractivity contribution in [2.24, 2.45) is 5.73 Å². The van der Waals surface area contributed by atoms with Crippen LogP contribution in [0.5, 0.6) is 0 Å². The van der Waals surface area contributed by atoms with Crippen molar-refractivity contribution >= 4 is 5.97 Å². The third-order valence-corrected chi connectivity index (χ3v) is 2.17. The maximum absolute atomic E-state index is 10.2. The molecule has 1 aliphatic rings. The average molecular weight is 173 g/mol. The molecule has 0 aliphatic heterocycles. The molecular formula is C8H15NO3. The number of carboxylic acid groups (broad SMARTS) is 1. The Morgan fingerprint density at radius 2 is 2.17 bits per heavy atom. The first-order valence-corrected chi connectivity index (χ1v) is 4.29. The van der Waals surface area contributed by atoms with E-state index in [0.717, 1.165) is 25.7 Å². The summed E-state index contributed by atoms with van der Waals surface area (Å²) in [6.45, 7) is -0.224. The van der Waals surface area contributed by atoms with E-state index in [1.165, 1.54) is 0 Å². The molecule has 1 fully saturated rings. The highest BCUT2D eigenvalue weighted by Crippen LogP contribution is 2.19. The standard InChI is InChI=1S/C8H15NO3/c9-6-3-1-2-4-7(6)12-5-8(10)11/h6-7H,1-5,9H2,(H,10,11)/t6?,7-/m0/s1. The number of rotatable bonds is 3. The zero-order chi connectivity index (χ0) is 8.97. The molecule has 0 spiro atoms. The van der Waals surface area contributed by atoms with Crippen LogP contribution in [0, 0.1) is 0 Å². The van der Waals surface area contributed by atoms with Crippen LogP contribution < -0.4 is 5.73 Å². The summed E-state index contributed by atoms with van der Waals surface area (Å²) in [5.74, 6) is -0.923. The highest BCUT2D eigenvalue weighted by molar-refractivity contribution is 5.68. The van der Waals surface area contributed by atoms with E-state index in [4.69, 9.17) is 15.6 Å². The highest BCUT2D eigenvalue weighted by atomic mass is 16.5. The first-order valence-electron chi connectivity index (χ1n) is 4.29. The zero-order valence-electron chi connectivity index (χ0n) is 7.03. The molecule has 0 heterocycles. The van der Waals surface area contributed by atoms with Crippen LogP contribution in [0.25, 0.3) is 0 Å².